The summed E-state index contributed by atoms with van der Waals surface area (Å²) in [7, 11) is 0. The van der Waals surface area contributed by atoms with Gasteiger partial charge in [0.25, 0.3) is 0 Å². The predicted molar refractivity (Wildman–Crippen MR) is 129 cm³/mol. The van der Waals surface area contributed by atoms with Crippen LogP contribution >= 0.6 is 23.2 Å². The molecule has 0 N–H and O–H groups in total. The van der Waals surface area contributed by atoms with E-state index < -0.39 is 0 Å². The van der Waals surface area contributed by atoms with Crippen molar-refractivity contribution in [1.82, 2.24) is 9.80 Å². The zero-order valence-corrected chi connectivity index (χ0v) is 19.7. The van der Waals surface area contributed by atoms with Crippen molar-refractivity contribution in [2.75, 3.05) is 39.3 Å². The standard InChI is InChI=1S/C26H32Cl2N2O/c27-24-10-7-19(16-25(24)28)23-18-30-14-4-6-26(30)22-17-20(8-9-21(22)23)31-15-5-13-29-11-2-1-3-12-29/h7-10,16-17,23,26H,1-6,11-15,18H2/t23-,26-/m0/s1. The van der Waals surface area contributed by atoms with Crippen molar-refractivity contribution in [2.45, 2.75) is 50.5 Å². The highest BCUT2D eigenvalue weighted by Crippen LogP contribution is 2.45. The maximum atomic E-state index is 6.35. The molecule has 2 saturated heterocycles. The summed E-state index contributed by atoms with van der Waals surface area (Å²) in [6.07, 6.45) is 7.69. The topological polar surface area (TPSA) is 15.7 Å². The Hall–Kier alpha value is -1.26. The fraction of sp³-hybridized carbons (Fsp3) is 0.538. The molecule has 2 fully saturated rings. The van der Waals surface area contributed by atoms with Gasteiger partial charge in [-0.2, -0.15) is 0 Å². The van der Waals surface area contributed by atoms with E-state index in [4.69, 9.17) is 27.9 Å². The first-order chi connectivity index (χ1) is 15.2. The summed E-state index contributed by atoms with van der Waals surface area (Å²) in [6.45, 7) is 6.67. The van der Waals surface area contributed by atoms with Crippen LogP contribution in [0.4, 0.5) is 0 Å². The highest BCUT2D eigenvalue weighted by Gasteiger charge is 2.36. The molecular weight excluding hydrogens is 427 g/mol. The van der Waals surface area contributed by atoms with Gasteiger partial charge in [0, 0.05) is 25.0 Å². The Bertz CT molecular complexity index is 912. The van der Waals surface area contributed by atoms with E-state index in [0.29, 0.717) is 22.0 Å². The second kappa shape index (κ2) is 9.70. The number of fused-ring (bicyclic) bond motifs is 3. The molecule has 31 heavy (non-hydrogen) atoms. The minimum absolute atomic E-state index is 0.326. The third-order valence-electron chi connectivity index (χ3n) is 7.26. The second-order valence-corrected chi connectivity index (χ2v) is 10.1. The second-order valence-electron chi connectivity index (χ2n) is 9.27. The van der Waals surface area contributed by atoms with Crippen LogP contribution in [0.3, 0.4) is 0 Å². The van der Waals surface area contributed by atoms with Crippen LogP contribution in [0.2, 0.25) is 10.0 Å². The summed E-state index contributed by atoms with van der Waals surface area (Å²) in [4.78, 5) is 5.22. The Kier molecular flexibility index (Phi) is 6.75. The number of nitrogens with zero attached hydrogens (tertiary/aromatic N) is 2. The quantitative estimate of drug-likeness (QED) is 0.457. The first-order valence-electron chi connectivity index (χ1n) is 11.9. The van der Waals surface area contributed by atoms with Crippen LogP contribution in [0.1, 0.15) is 67.2 Å². The van der Waals surface area contributed by atoms with Gasteiger partial charge in [0.15, 0.2) is 0 Å². The molecule has 0 bridgehead atoms. The maximum Gasteiger partial charge on any atom is 0.119 e. The molecule has 0 aromatic heterocycles. The van der Waals surface area contributed by atoms with E-state index in [2.05, 4.69) is 34.1 Å². The summed E-state index contributed by atoms with van der Waals surface area (Å²) in [5, 5.41) is 1.26. The van der Waals surface area contributed by atoms with Crippen molar-refractivity contribution in [3.63, 3.8) is 0 Å². The zero-order valence-electron chi connectivity index (χ0n) is 18.2. The van der Waals surface area contributed by atoms with Crippen molar-refractivity contribution in [1.29, 1.82) is 0 Å². The molecular formula is C26H32Cl2N2O. The van der Waals surface area contributed by atoms with E-state index in [1.54, 1.807) is 0 Å². The van der Waals surface area contributed by atoms with Crippen LogP contribution in [-0.4, -0.2) is 49.1 Å². The van der Waals surface area contributed by atoms with Gasteiger partial charge in [0.2, 0.25) is 0 Å². The highest BCUT2D eigenvalue weighted by atomic mass is 35.5. The lowest BCUT2D eigenvalue weighted by molar-refractivity contribution is 0.204. The number of rotatable bonds is 6. The van der Waals surface area contributed by atoms with E-state index in [-0.39, 0.29) is 0 Å². The van der Waals surface area contributed by atoms with E-state index in [9.17, 15) is 0 Å². The van der Waals surface area contributed by atoms with Crippen molar-refractivity contribution in [3.8, 4) is 5.75 Å². The lowest BCUT2D eigenvalue weighted by atomic mass is 9.81. The van der Waals surface area contributed by atoms with Gasteiger partial charge in [-0.3, -0.25) is 4.90 Å². The number of halogens is 2. The summed E-state index contributed by atoms with van der Waals surface area (Å²) in [5.74, 6) is 1.34. The van der Waals surface area contributed by atoms with E-state index >= 15 is 0 Å². The fourth-order valence-corrected chi connectivity index (χ4v) is 5.96. The molecule has 0 spiro atoms. The molecule has 0 radical (unpaired) electrons. The van der Waals surface area contributed by atoms with Gasteiger partial charge in [-0.25, -0.2) is 0 Å². The van der Waals surface area contributed by atoms with Crippen LogP contribution in [0.25, 0.3) is 0 Å². The average molecular weight is 459 g/mol. The Balaban J connectivity index is 1.31. The molecule has 3 nitrogen and oxygen atoms in total. The summed E-state index contributed by atoms with van der Waals surface area (Å²) >= 11 is 12.5. The molecule has 166 valence electrons. The molecule has 3 aliphatic rings. The van der Waals surface area contributed by atoms with Gasteiger partial charge in [-0.15, -0.1) is 0 Å². The molecule has 0 unspecified atom stereocenters. The number of benzene rings is 2. The van der Waals surface area contributed by atoms with Crippen LogP contribution in [0.5, 0.6) is 5.75 Å². The van der Waals surface area contributed by atoms with E-state index in [0.717, 1.165) is 31.9 Å². The van der Waals surface area contributed by atoms with E-state index in [1.807, 2.05) is 12.1 Å². The van der Waals surface area contributed by atoms with Gasteiger partial charge >= 0.3 is 0 Å². The number of ether oxygens (including phenoxy) is 1. The Morgan fingerprint density at radius 2 is 1.74 bits per heavy atom. The highest BCUT2D eigenvalue weighted by molar-refractivity contribution is 6.42. The SMILES string of the molecule is Clc1ccc([C@@H]2CN3CCC[C@H]3c3cc(OCCCN4CCCCC4)ccc32)cc1Cl. The van der Waals surface area contributed by atoms with Crippen molar-refractivity contribution >= 4 is 23.2 Å². The van der Waals surface area contributed by atoms with Crippen LogP contribution in [0.15, 0.2) is 36.4 Å². The molecule has 2 aromatic carbocycles. The molecule has 5 rings (SSSR count). The predicted octanol–water partition coefficient (Wildman–Crippen LogP) is 6.53. The summed E-state index contributed by atoms with van der Waals surface area (Å²) < 4.78 is 6.20. The minimum Gasteiger partial charge on any atom is -0.494 e. The molecule has 0 amide bonds. The largest absolute Gasteiger partial charge is 0.494 e. The summed E-state index contributed by atoms with van der Waals surface area (Å²) in [5.41, 5.74) is 4.10. The lowest BCUT2D eigenvalue weighted by Gasteiger charge is -2.38. The summed E-state index contributed by atoms with van der Waals surface area (Å²) in [6, 6.07) is 13.4. The van der Waals surface area contributed by atoms with Crippen LogP contribution in [-0.2, 0) is 0 Å². The average Bonchev–Trinajstić information content (AvgIpc) is 3.28. The van der Waals surface area contributed by atoms with Gasteiger partial charge in [-0.05, 0) is 92.7 Å². The van der Waals surface area contributed by atoms with Gasteiger partial charge < -0.3 is 9.64 Å². The third kappa shape index (κ3) is 4.75. The van der Waals surface area contributed by atoms with Gasteiger partial charge in [-0.1, -0.05) is 41.8 Å². The third-order valence-corrected chi connectivity index (χ3v) is 7.99. The zero-order chi connectivity index (χ0) is 21.2. The molecule has 0 saturated carbocycles. The van der Waals surface area contributed by atoms with Crippen LogP contribution in [0, 0.1) is 0 Å². The van der Waals surface area contributed by atoms with Crippen molar-refractivity contribution in [2.24, 2.45) is 0 Å². The smallest absolute Gasteiger partial charge is 0.119 e. The van der Waals surface area contributed by atoms with E-state index in [1.165, 1.54) is 68.4 Å². The van der Waals surface area contributed by atoms with Gasteiger partial charge in [0.05, 0.1) is 16.7 Å². The number of hydrogen-bond acceptors (Lipinski definition) is 3. The minimum atomic E-state index is 0.326. The Morgan fingerprint density at radius 3 is 2.58 bits per heavy atom. The molecule has 0 aliphatic carbocycles. The molecule has 3 aliphatic heterocycles. The first-order valence-corrected chi connectivity index (χ1v) is 12.6. The number of piperidine rings is 1. The fourth-order valence-electron chi connectivity index (χ4n) is 5.65. The number of likely N-dealkylation sites (tertiary alicyclic amines) is 1. The van der Waals surface area contributed by atoms with Crippen molar-refractivity contribution < 1.29 is 4.74 Å². The normalized spacial score (nSPS) is 24.1. The van der Waals surface area contributed by atoms with Crippen LogP contribution < -0.4 is 4.74 Å². The molecule has 3 heterocycles. The van der Waals surface area contributed by atoms with Gasteiger partial charge in [0.1, 0.15) is 5.75 Å². The van der Waals surface area contributed by atoms with Crippen molar-refractivity contribution in [3.05, 3.63) is 63.1 Å². The lowest BCUT2D eigenvalue weighted by Crippen LogP contribution is -2.34. The monoisotopic (exact) mass is 458 g/mol. The Morgan fingerprint density at radius 1 is 0.871 bits per heavy atom. The first kappa shape index (κ1) is 21.6. The number of hydrogen-bond donors (Lipinski definition) is 0. The molecule has 2 atom stereocenters. The Labute approximate surface area is 196 Å². The maximum absolute atomic E-state index is 6.35. The molecule has 2 aromatic rings. The molecule has 5 heteroatoms.